The highest BCUT2D eigenvalue weighted by Gasteiger charge is 2.22. The summed E-state index contributed by atoms with van der Waals surface area (Å²) in [6, 6.07) is 10.2. The summed E-state index contributed by atoms with van der Waals surface area (Å²) in [6.07, 6.45) is 3.85. The van der Waals surface area contributed by atoms with Gasteiger partial charge in [-0.2, -0.15) is 0 Å². The van der Waals surface area contributed by atoms with Crippen LogP contribution in [0.25, 0.3) is 0 Å². The van der Waals surface area contributed by atoms with Gasteiger partial charge in [0.2, 0.25) is 0 Å². The first-order valence-corrected chi connectivity index (χ1v) is 8.36. The van der Waals surface area contributed by atoms with Gasteiger partial charge in [-0.1, -0.05) is 25.1 Å². The van der Waals surface area contributed by atoms with E-state index in [1.54, 1.807) is 30.5 Å². The molecular weight excluding hydrogens is 305 g/mol. The Balaban J connectivity index is 1.61. The van der Waals surface area contributed by atoms with E-state index in [0.717, 1.165) is 25.2 Å². The van der Waals surface area contributed by atoms with E-state index in [2.05, 4.69) is 17.2 Å². The molecule has 1 fully saturated rings. The topological polar surface area (TPSA) is 45.2 Å². The number of likely N-dealkylation sites (tertiary alicyclic amines) is 1. The van der Waals surface area contributed by atoms with Crippen LogP contribution in [0.15, 0.2) is 42.6 Å². The molecule has 126 valence electrons. The minimum atomic E-state index is -0.232. The maximum atomic E-state index is 13.6. The fourth-order valence-electron chi connectivity index (χ4n) is 3.00. The monoisotopic (exact) mass is 327 g/mol. The van der Waals surface area contributed by atoms with E-state index in [1.165, 1.54) is 12.5 Å². The van der Waals surface area contributed by atoms with E-state index in [1.807, 2.05) is 11.0 Å². The van der Waals surface area contributed by atoms with E-state index in [9.17, 15) is 9.18 Å². The normalized spacial score (nSPS) is 17.6. The van der Waals surface area contributed by atoms with E-state index < -0.39 is 0 Å². The average molecular weight is 327 g/mol. The molecule has 1 N–H and O–H groups in total. The Kier molecular flexibility index (Phi) is 5.08. The van der Waals surface area contributed by atoms with Crippen LogP contribution < -0.4 is 5.32 Å². The summed E-state index contributed by atoms with van der Waals surface area (Å²) in [4.78, 5) is 18.6. The Morgan fingerprint density at radius 2 is 2.17 bits per heavy atom. The minimum Gasteiger partial charge on any atom is -0.380 e. The highest BCUT2D eigenvalue weighted by molar-refractivity contribution is 5.92. The number of nitrogens with one attached hydrogen (secondary N) is 1. The number of nitrogens with zero attached hydrogens (tertiary/aromatic N) is 2. The highest BCUT2D eigenvalue weighted by Crippen LogP contribution is 2.18. The molecule has 3 rings (SSSR count). The standard InChI is InChI=1S/C19H22FN3O/c1-14-5-4-10-23(13-14)19(24)18-9-8-16(12-22-18)21-11-15-6-2-3-7-17(15)20/h2-3,6-9,12,14,21H,4-5,10-11,13H2,1H3. The third-order valence-corrected chi connectivity index (χ3v) is 4.37. The molecule has 1 aromatic carbocycles. The number of benzene rings is 1. The lowest BCUT2D eigenvalue weighted by Gasteiger charge is -2.30. The highest BCUT2D eigenvalue weighted by atomic mass is 19.1. The molecule has 1 aliphatic rings. The molecule has 0 radical (unpaired) electrons. The number of carbonyl (C=O) groups is 1. The number of hydrogen-bond donors (Lipinski definition) is 1. The van der Waals surface area contributed by atoms with Crippen molar-refractivity contribution in [1.82, 2.24) is 9.88 Å². The first-order chi connectivity index (χ1) is 11.6. The third kappa shape index (κ3) is 3.91. The van der Waals surface area contributed by atoms with Gasteiger partial charge in [0.15, 0.2) is 0 Å². The summed E-state index contributed by atoms with van der Waals surface area (Å²) < 4.78 is 13.6. The molecule has 4 nitrogen and oxygen atoms in total. The maximum absolute atomic E-state index is 13.6. The first-order valence-electron chi connectivity index (χ1n) is 8.36. The molecular formula is C19H22FN3O. The van der Waals surface area contributed by atoms with Crippen molar-refractivity contribution in [3.05, 3.63) is 59.7 Å². The summed E-state index contributed by atoms with van der Waals surface area (Å²) in [7, 11) is 0. The van der Waals surface area contributed by atoms with Crippen LogP contribution in [-0.4, -0.2) is 28.9 Å². The van der Waals surface area contributed by atoms with E-state index in [-0.39, 0.29) is 11.7 Å². The Morgan fingerprint density at radius 1 is 1.33 bits per heavy atom. The largest absolute Gasteiger partial charge is 0.380 e. The number of carbonyl (C=O) groups excluding carboxylic acids is 1. The molecule has 1 aliphatic heterocycles. The zero-order valence-corrected chi connectivity index (χ0v) is 13.8. The van der Waals surface area contributed by atoms with Crippen LogP contribution in [0.3, 0.4) is 0 Å². The van der Waals surface area contributed by atoms with Gasteiger partial charge < -0.3 is 10.2 Å². The van der Waals surface area contributed by atoms with Gasteiger partial charge in [0.05, 0.1) is 11.9 Å². The number of hydrogen-bond acceptors (Lipinski definition) is 3. The molecule has 0 aliphatic carbocycles. The van der Waals surface area contributed by atoms with Crippen LogP contribution in [0.5, 0.6) is 0 Å². The van der Waals surface area contributed by atoms with E-state index in [4.69, 9.17) is 0 Å². The van der Waals surface area contributed by atoms with Crippen LogP contribution in [0.1, 0.15) is 35.8 Å². The van der Waals surface area contributed by atoms with Crippen molar-refractivity contribution in [2.24, 2.45) is 5.92 Å². The number of pyridine rings is 1. The van der Waals surface area contributed by atoms with Gasteiger partial charge >= 0.3 is 0 Å². The van der Waals surface area contributed by atoms with Gasteiger partial charge in [-0.25, -0.2) is 9.37 Å². The van der Waals surface area contributed by atoms with Crippen molar-refractivity contribution < 1.29 is 9.18 Å². The van der Waals surface area contributed by atoms with Gasteiger partial charge in [-0.15, -0.1) is 0 Å². The molecule has 0 saturated carbocycles. The molecule has 24 heavy (non-hydrogen) atoms. The SMILES string of the molecule is CC1CCCN(C(=O)c2ccc(NCc3ccccc3F)cn2)C1. The predicted octanol–water partition coefficient (Wildman–Crippen LogP) is 3.70. The van der Waals surface area contributed by atoms with Crippen molar-refractivity contribution >= 4 is 11.6 Å². The van der Waals surface area contributed by atoms with Crippen molar-refractivity contribution in [2.45, 2.75) is 26.3 Å². The molecule has 5 heteroatoms. The zero-order valence-electron chi connectivity index (χ0n) is 13.8. The molecule has 0 spiro atoms. The summed E-state index contributed by atoms with van der Waals surface area (Å²) >= 11 is 0. The van der Waals surface area contributed by atoms with Crippen LogP contribution >= 0.6 is 0 Å². The van der Waals surface area contributed by atoms with E-state index >= 15 is 0 Å². The summed E-state index contributed by atoms with van der Waals surface area (Å²) in [5.74, 6) is 0.301. The van der Waals surface area contributed by atoms with Crippen molar-refractivity contribution in [3.8, 4) is 0 Å². The maximum Gasteiger partial charge on any atom is 0.272 e. The average Bonchev–Trinajstić information content (AvgIpc) is 2.61. The molecule has 1 aromatic heterocycles. The lowest BCUT2D eigenvalue weighted by molar-refractivity contribution is 0.0677. The lowest BCUT2D eigenvalue weighted by Crippen LogP contribution is -2.39. The quantitative estimate of drug-likeness (QED) is 0.931. The summed E-state index contributed by atoms with van der Waals surface area (Å²) in [6.45, 7) is 4.15. The molecule has 1 atom stereocenters. The Bertz CT molecular complexity index is 702. The number of aromatic nitrogens is 1. The van der Waals surface area contributed by atoms with Gasteiger partial charge in [0.1, 0.15) is 11.5 Å². The second-order valence-corrected chi connectivity index (χ2v) is 6.38. The predicted molar refractivity (Wildman–Crippen MR) is 92.3 cm³/mol. The summed E-state index contributed by atoms with van der Waals surface area (Å²) in [5, 5.41) is 3.13. The smallest absolute Gasteiger partial charge is 0.272 e. The first kappa shape index (κ1) is 16.4. The molecule has 1 saturated heterocycles. The van der Waals surface area contributed by atoms with Gasteiger partial charge in [-0.05, 0) is 37.0 Å². The Labute approximate surface area is 141 Å². The molecule has 1 amide bonds. The summed E-state index contributed by atoms with van der Waals surface area (Å²) in [5.41, 5.74) is 1.82. The Morgan fingerprint density at radius 3 is 2.88 bits per heavy atom. The van der Waals surface area contributed by atoms with Crippen LogP contribution in [0.2, 0.25) is 0 Å². The van der Waals surface area contributed by atoms with Crippen molar-refractivity contribution in [1.29, 1.82) is 0 Å². The fraction of sp³-hybridized carbons (Fsp3) is 0.368. The van der Waals surface area contributed by atoms with Crippen molar-refractivity contribution in [2.75, 3.05) is 18.4 Å². The Hall–Kier alpha value is -2.43. The minimum absolute atomic E-state index is 0.0118. The van der Waals surface area contributed by atoms with Crippen LogP contribution in [-0.2, 0) is 6.54 Å². The van der Waals surface area contributed by atoms with Crippen LogP contribution in [0.4, 0.5) is 10.1 Å². The second kappa shape index (κ2) is 7.43. The molecule has 2 aromatic rings. The number of piperidine rings is 1. The fourth-order valence-corrected chi connectivity index (χ4v) is 3.00. The number of halogens is 1. The zero-order chi connectivity index (χ0) is 16.9. The van der Waals surface area contributed by atoms with E-state index in [0.29, 0.717) is 23.7 Å². The number of anilines is 1. The van der Waals surface area contributed by atoms with Crippen LogP contribution in [0, 0.1) is 11.7 Å². The van der Waals surface area contributed by atoms with Gasteiger partial charge in [0.25, 0.3) is 5.91 Å². The van der Waals surface area contributed by atoms with Gasteiger partial charge in [0, 0.05) is 25.2 Å². The third-order valence-electron chi connectivity index (χ3n) is 4.37. The molecule has 0 bridgehead atoms. The molecule has 1 unspecified atom stereocenters. The number of amides is 1. The molecule has 2 heterocycles. The van der Waals surface area contributed by atoms with Gasteiger partial charge in [-0.3, -0.25) is 4.79 Å². The lowest BCUT2D eigenvalue weighted by atomic mass is 10.00. The second-order valence-electron chi connectivity index (χ2n) is 6.38. The van der Waals surface area contributed by atoms with Crippen molar-refractivity contribution in [3.63, 3.8) is 0 Å². The number of rotatable bonds is 4.